The van der Waals surface area contributed by atoms with Gasteiger partial charge in [-0.1, -0.05) is 18.2 Å². The summed E-state index contributed by atoms with van der Waals surface area (Å²) < 4.78 is 47.8. The van der Waals surface area contributed by atoms with Crippen molar-refractivity contribution >= 4 is 5.65 Å². The number of imidazole rings is 1. The highest BCUT2D eigenvalue weighted by Gasteiger charge is 2.41. The van der Waals surface area contributed by atoms with Gasteiger partial charge in [0, 0.05) is 47.3 Å². The van der Waals surface area contributed by atoms with E-state index in [9.17, 15) is 24.1 Å². The summed E-state index contributed by atoms with van der Waals surface area (Å²) in [6.45, 7) is -1.28. The van der Waals surface area contributed by atoms with Gasteiger partial charge in [0.15, 0.2) is 5.82 Å². The van der Waals surface area contributed by atoms with Crippen LogP contribution in [0.15, 0.2) is 48.9 Å². The highest BCUT2D eigenvalue weighted by molar-refractivity contribution is 5.65. The molecule has 1 aromatic carbocycles. The summed E-state index contributed by atoms with van der Waals surface area (Å²) in [4.78, 5) is 13.1. The zero-order valence-corrected chi connectivity index (χ0v) is 21.1. The van der Waals surface area contributed by atoms with Crippen LogP contribution in [0.5, 0.6) is 5.75 Å². The monoisotopic (exact) mass is 540 g/mol. The van der Waals surface area contributed by atoms with E-state index in [2.05, 4.69) is 15.0 Å². The first kappa shape index (κ1) is 25.7. The molecule has 1 fully saturated rings. The Hall–Kier alpha value is -3.54. The Balaban J connectivity index is 1.39. The van der Waals surface area contributed by atoms with E-state index in [1.54, 1.807) is 29.5 Å². The maximum absolute atomic E-state index is 15.3. The van der Waals surface area contributed by atoms with Crippen molar-refractivity contribution in [1.29, 1.82) is 0 Å². The Labute approximate surface area is 221 Å². The molecule has 0 unspecified atom stereocenters. The van der Waals surface area contributed by atoms with Gasteiger partial charge >= 0.3 is 6.61 Å². The largest absolute Gasteiger partial charge is 0.435 e. The number of hydrogen-bond donors (Lipinski definition) is 3. The maximum Gasteiger partial charge on any atom is 0.387 e. The standard InChI is InChI=1S/C28H27F3N4O4/c1-27(37)6-8-28(38,9-7-27)25-32-12-15(13-33-25)18-14-35-22(11-19(18)29)34-23-20(36)10-17(24(23)35)16-4-2-3-5-21(16)39-26(30)31/h2-5,11-14,17,20,26,36-38H,6-10H2,1H3/t17-,20-,27-,28+/m1/s1. The van der Waals surface area contributed by atoms with Gasteiger partial charge < -0.3 is 24.5 Å². The molecule has 2 aliphatic carbocycles. The smallest absolute Gasteiger partial charge is 0.387 e. The molecule has 0 spiro atoms. The van der Waals surface area contributed by atoms with Crippen LogP contribution in [0.2, 0.25) is 0 Å². The molecule has 204 valence electrons. The lowest BCUT2D eigenvalue weighted by molar-refractivity contribution is -0.0802. The predicted octanol–water partition coefficient (Wildman–Crippen LogP) is 4.61. The lowest BCUT2D eigenvalue weighted by Crippen LogP contribution is -2.40. The molecule has 11 heteroatoms. The average molecular weight is 541 g/mol. The Bertz CT molecular complexity index is 1530. The summed E-state index contributed by atoms with van der Waals surface area (Å²) in [7, 11) is 0. The van der Waals surface area contributed by atoms with E-state index in [0.717, 1.165) is 0 Å². The highest BCUT2D eigenvalue weighted by atomic mass is 19.3. The molecule has 1 saturated carbocycles. The number of ether oxygens (including phenoxy) is 1. The predicted molar refractivity (Wildman–Crippen MR) is 134 cm³/mol. The molecule has 39 heavy (non-hydrogen) atoms. The van der Waals surface area contributed by atoms with Crippen molar-refractivity contribution in [3.63, 3.8) is 0 Å². The van der Waals surface area contributed by atoms with Crippen LogP contribution in [0.1, 0.15) is 73.8 Å². The van der Waals surface area contributed by atoms with Crippen molar-refractivity contribution in [2.45, 2.75) is 68.9 Å². The van der Waals surface area contributed by atoms with Gasteiger partial charge in [0.1, 0.15) is 22.8 Å². The second-order valence-electron chi connectivity index (χ2n) is 10.7. The SMILES string of the molecule is C[C@]1(O)CC[C@](O)(c2ncc(-c3cn4c5c(nc4cc3F)[C@H](O)C[C@@H]5c3ccccc3OC(F)F)cn2)CC1. The van der Waals surface area contributed by atoms with Crippen LogP contribution in [0.3, 0.4) is 0 Å². The molecule has 0 saturated heterocycles. The van der Waals surface area contributed by atoms with Gasteiger partial charge in [-0.15, -0.1) is 0 Å². The number of hydrogen-bond acceptors (Lipinski definition) is 7. The van der Waals surface area contributed by atoms with E-state index in [0.29, 0.717) is 48.2 Å². The first-order valence-electron chi connectivity index (χ1n) is 12.8. The van der Waals surface area contributed by atoms with Crippen molar-refractivity contribution in [3.05, 3.63) is 77.5 Å². The van der Waals surface area contributed by atoms with Crippen LogP contribution >= 0.6 is 0 Å². The van der Waals surface area contributed by atoms with Gasteiger partial charge in [0.2, 0.25) is 0 Å². The Morgan fingerprint density at radius 1 is 1.08 bits per heavy atom. The zero-order chi connectivity index (χ0) is 27.5. The third-order valence-corrected chi connectivity index (χ3v) is 7.92. The van der Waals surface area contributed by atoms with E-state index in [-0.39, 0.29) is 29.2 Å². The van der Waals surface area contributed by atoms with Gasteiger partial charge in [-0.05, 0) is 45.1 Å². The van der Waals surface area contributed by atoms with Crippen molar-refractivity contribution in [3.8, 4) is 16.9 Å². The molecule has 0 aliphatic heterocycles. The Kier molecular flexibility index (Phi) is 6.12. The number of rotatable bonds is 5. The molecule has 4 aromatic rings. The number of pyridine rings is 1. The molecule has 0 amide bonds. The van der Waals surface area contributed by atoms with Crippen LogP contribution in [-0.2, 0) is 5.60 Å². The fourth-order valence-corrected chi connectivity index (χ4v) is 5.73. The number of benzene rings is 1. The number of alkyl halides is 2. The molecule has 3 aromatic heterocycles. The van der Waals surface area contributed by atoms with Crippen molar-refractivity contribution in [2.24, 2.45) is 0 Å². The lowest BCUT2D eigenvalue weighted by atomic mass is 9.76. The molecular formula is C28H27F3N4O4. The van der Waals surface area contributed by atoms with Crippen LogP contribution in [0.25, 0.3) is 16.8 Å². The lowest BCUT2D eigenvalue weighted by Gasteiger charge is -2.38. The number of nitrogens with zero attached hydrogens (tertiary/aromatic N) is 4. The highest BCUT2D eigenvalue weighted by Crippen LogP contribution is 2.47. The minimum atomic E-state index is -3.01. The summed E-state index contributed by atoms with van der Waals surface area (Å²) >= 11 is 0. The van der Waals surface area contributed by atoms with E-state index < -0.39 is 35.7 Å². The molecular weight excluding hydrogens is 513 g/mol. The summed E-state index contributed by atoms with van der Waals surface area (Å²) in [5, 5.41) is 32.0. The van der Waals surface area contributed by atoms with Gasteiger partial charge in [0.25, 0.3) is 0 Å². The molecule has 6 rings (SSSR count). The van der Waals surface area contributed by atoms with E-state index in [4.69, 9.17) is 4.74 Å². The van der Waals surface area contributed by atoms with Crippen LogP contribution in [-0.4, -0.2) is 46.9 Å². The molecule has 2 atom stereocenters. The minimum absolute atomic E-state index is 0.000909. The second kappa shape index (κ2) is 9.29. The summed E-state index contributed by atoms with van der Waals surface area (Å²) in [5.41, 5.74) is 0.0666. The normalized spacial score (nSPS) is 26.8. The fraction of sp³-hybridized carbons (Fsp3) is 0.393. The fourth-order valence-electron chi connectivity index (χ4n) is 5.73. The van der Waals surface area contributed by atoms with Crippen LogP contribution in [0, 0.1) is 5.82 Å². The zero-order valence-electron chi connectivity index (χ0n) is 21.1. The van der Waals surface area contributed by atoms with Gasteiger partial charge in [0.05, 0.1) is 23.1 Å². The van der Waals surface area contributed by atoms with Crippen molar-refractivity contribution in [1.82, 2.24) is 19.4 Å². The molecule has 8 nitrogen and oxygen atoms in total. The molecule has 0 radical (unpaired) electrons. The van der Waals surface area contributed by atoms with E-state index >= 15 is 4.39 Å². The van der Waals surface area contributed by atoms with E-state index in [1.165, 1.54) is 30.7 Å². The average Bonchev–Trinajstić information content (AvgIpc) is 3.42. The maximum atomic E-state index is 15.3. The van der Waals surface area contributed by atoms with Crippen molar-refractivity contribution in [2.75, 3.05) is 0 Å². The van der Waals surface area contributed by atoms with Gasteiger partial charge in [-0.3, -0.25) is 0 Å². The molecule has 3 N–H and O–H groups in total. The molecule has 2 aliphatic rings. The third kappa shape index (κ3) is 4.54. The van der Waals surface area contributed by atoms with Crippen molar-refractivity contribution < 1.29 is 33.2 Å². The third-order valence-electron chi connectivity index (χ3n) is 7.92. The number of aliphatic hydroxyl groups excluding tert-OH is 1. The van der Waals surface area contributed by atoms with Gasteiger partial charge in [-0.25, -0.2) is 19.3 Å². The van der Waals surface area contributed by atoms with Crippen LogP contribution < -0.4 is 4.74 Å². The summed E-state index contributed by atoms with van der Waals surface area (Å²) in [6, 6.07) is 7.64. The summed E-state index contributed by atoms with van der Waals surface area (Å²) in [6.07, 6.45) is 5.08. The second-order valence-corrected chi connectivity index (χ2v) is 10.7. The topological polar surface area (TPSA) is 113 Å². The Morgan fingerprint density at radius 2 is 1.77 bits per heavy atom. The molecule has 0 bridgehead atoms. The number of aromatic nitrogens is 4. The van der Waals surface area contributed by atoms with E-state index in [1.807, 2.05) is 0 Å². The first-order valence-corrected chi connectivity index (χ1v) is 12.8. The number of para-hydroxylation sites is 1. The first-order chi connectivity index (χ1) is 18.5. The quantitative estimate of drug-likeness (QED) is 0.339. The number of fused-ring (bicyclic) bond motifs is 3. The Morgan fingerprint density at radius 3 is 2.46 bits per heavy atom. The number of halogens is 3. The van der Waals surface area contributed by atoms with Gasteiger partial charge in [-0.2, -0.15) is 8.78 Å². The molecule has 3 heterocycles. The summed E-state index contributed by atoms with van der Waals surface area (Å²) in [5.74, 6) is -0.886. The number of aliphatic hydroxyl groups is 3. The van der Waals surface area contributed by atoms with Crippen LogP contribution in [0.4, 0.5) is 13.2 Å². The minimum Gasteiger partial charge on any atom is -0.435 e.